The highest BCUT2D eigenvalue weighted by molar-refractivity contribution is 5.76. The molecule has 0 aromatic rings. The van der Waals surface area contributed by atoms with E-state index in [1.165, 1.54) is 193 Å². The maximum Gasteiger partial charge on any atom is 0.220 e. The van der Waals surface area contributed by atoms with Crippen LogP contribution in [-0.4, -0.2) is 34.9 Å². The zero-order valence-electron chi connectivity index (χ0n) is 36.1. The van der Waals surface area contributed by atoms with Crippen molar-refractivity contribution < 1.29 is 15.0 Å². The van der Waals surface area contributed by atoms with Gasteiger partial charge in [-0.1, -0.05) is 237 Å². The van der Waals surface area contributed by atoms with Gasteiger partial charge in [0.2, 0.25) is 5.91 Å². The fraction of sp³-hybridized carbons (Fsp3) is 0.898. The molecule has 0 radical (unpaired) electrons. The zero-order chi connectivity index (χ0) is 38.6. The van der Waals surface area contributed by atoms with Crippen LogP contribution in [0.25, 0.3) is 0 Å². The predicted octanol–water partition coefficient (Wildman–Crippen LogP) is 15.2. The summed E-state index contributed by atoms with van der Waals surface area (Å²) in [4.78, 5) is 12.4. The maximum absolute atomic E-state index is 12.4. The standard InChI is InChI=1S/C49H95NO3/c1-3-5-7-9-11-13-15-17-19-20-21-22-23-24-25-26-27-28-29-31-32-34-36-38-40-42-44-48(52)47(46-51)50-49(53)45-43-41-39-37-35-33-30-18-16-14-12-10-8-6-4-2/h12,14,18,30,47-48,51-52H,3-11,13,15-17,19-29,31-46H2,1-2H3,(H,50,53)/b14-12-,30-18-. The third kappa shape index (κ3) is 41.9. The number of aliphatic hydroxyl groups is 2. The number of aliphatic hydroxyl groups excluding tert-OH is 2. The minimum absolute atomic E-state index is 0.0428. The third-order valence-corrected chi connectivity index (χ3v) is 11.2. The molecule has 4 heteroatoms. The number of carbonyl (C=O) groups excluding carboxylic acids is 1. The van der Waals surface area contributed by atoms with Crippen molar-refractivity contribution in [2.75, 3.05) is 6.61 Å². The van der Waals surface area contributed by atoms with Gasteiger partial charge < -0.3 is 15.5 Å². The Hall–Kier alpha value is -1.13. The highest BCUT2D eigenvalue weighted by Crippen LogP contribution is 2.17. The first-order valence-corrected chi connectivity index (χ1v) is 24.0. The highest BCUT2D eigenvalue weighted by Gasteiger charge is 2.20. The summed E-state index contributed by atoms with van der Waals surface area (Å²) < 4.78 is 0. The monoisotopic (exact) mass is 746 g/mol. The van der Waals surface area contributed by atoms with Gasteiger partial charge in [0, 0.05) is 6.42 Å². The molecule has 0 spiro atoms. The zero-order valence-corrected chi connectivity index (χ0v) is 36.1. The van der Waals surface area contributed by atoms with Gasteiger partial charge in [-0.3, -0.25) is 4.79 Å². The third-order valence-electron chi connectivity index (χ3n) is 11.2. The second kappa shape index (κ2) is 45.3. The van der Waals surface area contributed by atoms with E-state index >= 15 is 0 Å². The molecule has 0 aliphatic carbocycles. The van der Waals surface area contributed by atoms with Crippen LogP contribution in [0.2, 0.25) is 0 Å². The van der Waals surface area contributed by atoms with E-state index in [0.717, 1.165) is 44.9 Å². The average molecular weight is 746 g/mol. The average Bonchev–Trinajstić information content (AvgIpc) is 3.16. The summed E-state index contributed by atoms with van der Waals surface area (Å²) in [5.74, 6) is -0.0428. The molecular weight excluding hydrogens is 651 g/mol. The molecule has 1 amide bonds. The van der Waals surface area contributed by atoms with E-state index in [1.807, 2.05) is 0 Å². The Bertz CT molecular complexity index is 765. The van der Waals surface area contributed by atoms with Gasteiger partial charge in [-0.25, -0.2) is 0 Å². The number of hydrogen-bond acceptors (Lipinski definition) is 3. The molecule has 3 N–H and O–H groups in total. The number of allylic oxidation sites excluding steroid dienone is 4. The summed E-state index contributed by atoms with van der Waals surface area (Å²) >= 11 is 0. The number of rotatable bonds is 44. The van der Waals surface area contributed by atoms with Crippen LogP contribution in [0.15, 0.2) is 24.3 Å². The second-order valence-electron chi connectivity index (χ2n) is 16.5. The summed E-state index contributed by atoms with van der Waals surface area (Å²) in [7, 11) is 0. The molecule has 0 rings (SSSR count). The van der Waals surface area contributed by atoms with Gasteiger partial charge in [0.1, 0.15) is 0 Å². The van der Waals surface area contributed by atoms with Crippen molar-refractivity contribution in [2.24, 2.45) is 0 Å². The number of carbonyl (C=O) groups is 1. The van der Waals surface area contributed by atoms with Crippen molar-refractivity contribution in [3.05, 3.63) is 24.3 Å². The van der Waals surface area contributed by atoms with Gasteiger partial charge >= 0.3 is 0 Å². The van der Waals surface area contributed by atoms with Crippen molar-refractivity contribution in [3.8, 4) is 0 Å². The normalized spacial score (nSPS) is 13.1. The van der Waals surface area contributed by atoms with Crippen molar-refractivity contribution >= 4 is 5.91 Å². The largest absolute Gasteiger partial charge is 0.394 e. The molecular formula is C49H95NO3. The van der Waals surface area contributed by atoms with Crippen LogP contribution in [0.3, 0.4) is 0 Å². The van der Waals surface area contributed by atoms with Crippen molar-refractivity contribution in [2.45, 2.75) is 276 Å². The first kappa shape index (κ1) is 51.9. The van der Waals surface area contributed by atoms with Crippen molar-refractivity contribution in [1.29, 1.82) is 0 Å². The first-order chi connectivity index (χ1) is 26.2. The number of unbranched alkanes of at least 4 members (excludes halogenated alkanes) is 33. The molecule has 53 heavy (non-hydrogen) atoms. The maximum atomic E-state index is 12.4. The smallest absolute Gasteiger partial charge is 0.220 e. The van der Waals surface area contributed by atoms with E-state index in [9.17, 15) is 15.0 Å². The molecule has 0 aromatic heterocycles. The topological polar surface area (TPSA) is 69.6 Å². The van der Waals surface area contributed by atoms with Crippen LogP contribution in [0.5, 0.6) is 0 Å². The van der Waals surface area contributed by atoms with Crippen LogP contribution in [0.1, 0.15) is 264 Å². The summed E-state index contributed by atoms with van der Waals surface area (Å²) in [6.07, 6.45) is 58.5. The Kier molecular flexibility index (Phi) is 44.3. The molecule has 4 nitrogen and oxygen atoms in total. The fourth-order valence-electron chi connectivity index (χ4n) is 7.51. The second-order valence-corrected chi connectivity index (χ2v) is 16.5. The van der Waals surface area contributed by atoms with Gasteiger partial charge in [-0.05, 0) is 44.9 Å². The lowest BCUT2D eigenvalue weighted by molar-refractivity contribution is -0.123. The SMILES string of the molecule is CCCCC/C=C\C/C=C\CCCCCCCC(=O)NC(CO)C(O)CCCCCCCCCCCCCCCCCCCCCCCCCCCC. The number of nitrogens with one attached hydrogen (secondary N) is 1. The highest BCUT2D eigenvalue weighted by atomic mass is 16.3. The lowest BCUT2D eigenvalue weighted by atomic mass is 10.0. The number of amides is 1. The molecule has 2 unspecified atom stereocenters. The lowest BCUT2D eigenvalue weighted by Gasteiger charge is -2.22. The van der Waals surface area contributed by atoms with Gasteiger partial charge in [-0.15, -0.1) is 0 Å². The van der Waals surface area contributed by atoms with Gasteiger partial charge in [0.05, 0.1) is 18.8 Å². The van der Waals surface area contributed by atoms with Crippen LogP contribution < -0.4 is 5.32 Å². The van der Waals surface area contributed by atoms with Crippen molar-refractivity contribution in [3.63, 3.8) is 0 Å². The Labute approximate surface area is 332 Å². The summed E-state index contributed by atoms with van der Waals surface area (Å²) in [6, 6.07) is -0.542. The first-order valence-electron chi connectivity index (χ1n) is 24.0. The molecule has 0 aromatic carbocycles. The number of hydrogen-bond donors (Lipinski definition) is 3. The van der Waals surface area contributed by atoms with Crippen LogP contribution in [0, 0.1) is 0 Å². The summed E-state index contributed by atoms with van der Waals surface area (Å²) in [5, 5.41) is 23.2. The van der Waals surface area contributed by atoms with Gasteiger partial charge in [-0.2, -0.15) is 0 Å². The minimum Gasteiger partial charge on any atom is -0.394 e. The van der Waals surface area contributed by atoms with E-state index in [0.29, 0.717) is 12.8 Å². The minimum atomic E-state index is -0.664. The molecule has 314 valence electrons. The molecule has 0 aliphatic heterocycles. The van der Waals surface area contributed by atoms with Crippen LogP contribution >= 0.6 is 0 Å². The van der Waals surface area contributed by atoms with E-state index in [4.69, 9.17) is 0 Å². The molecule has 0 fully saturated rings. The van der Waals surface area contributed by atoms with Gasteiger partial charge in [0.15, 0.2) is 0 Å². The Morgan fingerprint density at radius 1 is 0.453 bits per heavy atom. The van der Waals surface area contributed by atoms with E-state index in [1.54, 1.807) is 0 Å². The molecule has 0 saturated heterocycles. The van der Waals surface area contributed by atoms with Crippen LogP contribution in [-0.2, 0) is 4.79 Å². The molecule has 2 atom stereocenters. The Morgan fingerprint density at radius 2 is 0.774 bits per heavy atom. The predicted molar refractivity (Wildman–Crippen MR) is 235 cm³/mol. The Morgan fingerprint density at radius 3 is 1.17 bits per heavy atom. The molecule has 0 heterocycles. The molecule has 0 saturated carbocycles. The lowest BCUT2D eigenvalue weighted by Crippen LogP contribution is -2.45. The molecule has 0 bridgehead atoms. The van der Waals surface area contributed by atoms with E-state index < -0.39 is 12.1 Å². The van der Waals surface area contributed by atoms with E-state index in [2.05, 4.69) is 43.5 Å². The van der Waals surface area contributed by atoms with Crippen molar-refractivity contribution in [1.82, 2.24) is 5.32 Å². The van der Waals surface area contributed by atoms with Gasteiger partial charge in [0.25, 0.3) is 0 Å². The summed E-state index contributed by atoms with van der Waals surface area (Å²) in [5.41, 5.74) is 0. The Balaban J connectivity index is 3.46. The van der Waals surface area contributed by atoms with Crippen LogP contribution in [0.4, 0.5) is 0 Å². The quantitative estimate of drug-likeness (QED) is 0.0430. The van der Waals surface area contributed by atoms with E-state index in [-0.39, 0.29) is 12.5 Å². The molecule has 0 aliphatic rings. The summed E-state index contributed by atoms with van der Waals surface area (Å²) in [6.45, 7) is 4.34. The fourth-order valence-corrected chi connectivity index (χ4v) is 7.51.